The van der Waals surface area contributed by atoms with E-state index >= 15 is 0 Å². The van der Waals surface area contributed by atoms with Crippen LogP contribution in [0.5, 0.6) is 0 Å². The lowest BCUT2D eigenvalue weighted by atomic mass is 9.87. The minimum atomic E-state index is 0.751. The first kappa shape index (κ1) is 17.0. The van der Waals surface area contributed by atoms with Gasteiger partial charge in [-0.1, -0.05) is 58.8 Å². The molecule has 2 nitrogen and oxygen atoms in total. The third kappa shape index (κ3) is 9.45. The molecule has 1 fully saturated rings. The van der Waals surface area contributed by atoms with E-state index in [1.165, 1.54) is 64.2 Å². The standard InChI is InChI=1S/C17H35NO/c1-3-4-5-6-7-8-13-19-14-12-18-17-11-9-10-16(2)15-17/h16-18H,3-15H2,1-2H3. The molecule has 0 aromatic rings. The third-order valence-corrected chi connectivity index (χ3v) is 4.26. The molecule has 0 amide bonds. The van der Waals surface area contributed by atoms with E-state index < -0.39 is 0 Å². The SMILES string of the molecule is CCCCCCCCOCCNC1CCCC(C)C1. The topological polar surface area (TPSA) is 21.3 Å². The molecule has 0 saturated heterocycles. The zero-order valence-electron chi connectivity index (χ0n) is 13.3. The summed E-state index contributed by atoms with van der Waals surface area (Å²) in [5, 5.41) is 3.65. The minimum absolute atomic E-state index is 0.751. The number of nitrogens with one attached hydrogen (secondary N) is 1. The molecular formula is C17H35NO. The Labute approximate surface area is 120 Å². The zero-order chi connectivity index (χ0) is 13.8. The molecule has 2 heteroatoms. The monoisotopic (exact) mass is 269 g/mol. The highest BCUT2D eigenvalue weighted by Crippen LogP contribution is 2.23. The summed E-state index contributed by atoms with van der Waals surface area (Å²) in [5.41, 5.74) is 0. The summed E-state index contributed by atoms with van der Waals surface area (Å²) in [6, 6.07) is 0.751. The van der Waals surface area contributed by atoms with Crippen LogP contribution in [0.4, 0.5) is 0 Å². The molecule has 0 aromatic heterocycles. The predicted octanol–water partition coefficient (Wildman–Crippen LogP) is 4.53. The van der Waals surface area contributed by atoms with Crippen LogP contribution in [-0.4, -0.2) is 25.8 Å². The van der Waals surface area contributed by atoms with Gasteiger partial charge in [-0.15, -0.1) is 0 Å². The number of rotatable bonds is 11. The number of ether oxygens (including phenoxy) is 1. The van der Waals surface area contributed by atoms with Gasteiger partial charge in [0.2, 0.25) is 0 Å². The van der Waals surface area contributed by atoms with Gasteiger partial charge in [0.25, 0.3) is 0 Å². The van der Waals surface area contributed by atoms with Gasteiger partial charge in [-0.2, -0.15) is 0 Å². The third-order valence-electron chi connectivity index (χ3n) is 4.26. The van der Waals surface area contributed by atoms with Gasteiger partial charge in [-0.05, 0) is 25.2 Å². The summed E-state index contributed by atoms with van der Waals surface area (Å²) in [4.78, 5) is 0. The van der Waals surface area contributed by atoms with Gasteiger partial charge in [-0.25, -0.2) is 0 Å². The van der Waals surface area contributed by atoms with Gasteiger partial charge in [0.05, 0.1) is 6.61 Å². The first-order valence-corrected chi connectivity index (χ1v) is 8.64. The molecule has 2 atom stereocenters. The first-order chi connectivity index (χ1) is 9.33. The molecule has 0 heterocycles. The van der Waals surface area contributed by atoms with Crippen LogP contribution < -0.4 is 5.32 Å². The molecule has 19 heavy (non-hydrogen) atoms. The van der Waals surface area contributed by atoms with Gasteiger partial charge in [0, 0.05) is 19.2 Å². The van der Waals surface area contributed by atoms with Crippen molar-refractivity contribution in [3.05, 3.63) is 0 Å². The smallest absolute Gasteiger partial charge is 0.0590 e. The lowest BCUT2D eigenvalue weighted by Gasteiger charge is -2.27. The quantitative estimate of drug-likeness (QED) is 0.556. The maximum absolute atomic E-state index is 5.70. The van der Waals surface area contributed by atoms with Crippen molar-refractivity contribution in [2.45, 2.75) is 84.1 Å². The van der Waals surface area contributed by atoms with Crippen molar-refractivity contribution < 1.29 is 4.74 Å². The molecule has 114 valence electrons. The van der Waals surface area contributed by atoms with E-state index in [-0.39, 0.29) is 0 Å². The van der Waals surface area contributed by atoms with Crippen molar-refractivity contribution in [2.75, 3.05) is 19.8 Å². The van der Waals surface area contributed by atoms with Crippen LogP contribution in [0.15, 0.2) is 0 Å². The Kier molecular flexibility index (Phi) is 10.5. The second-order valence-corrected chi connectivity index (χ2v) is 6.30. The van der Waals surface area contributed by atoms with Gasteiger partial charge in [0.1, 0.15) is 0 Å². The highest BCUT2D eigenvalue weighted by Gasteiger charge is 2.17. The van der Waals surface area contributed by atoms with E-state index in [1.807, 2.05) is 0 Å². The van der Waals surface area contributed by atoms with Gasteiger partial charge < -0.3 is 10.1 Å². The lowest BCUT2D eigenvalue weighted by molar-refractivity contribution is 0.126. The molecule has 0 radical (unpaired) electrons. The summed E-state index contributed by atoms with van der Waals surface area (Å²) in [6.07, 6.45) is 13.6. The van der Waals surface area contributed by atoms with Crippen LogP contribution in [0.1, 0.15) is 78.1 Å². The molecule has 0 spiro atoms. The average Bonchev–Trinajstić information content (AvgIpc) is 2.41. The maximum atomic E-state index is 5.70. The van der Waals surface area contributed by atoms with E-state index in [2.05, 4.69) is 19.2 Å². The zero-order valence-corrected chi connectivity index (χ0v) is 13.3. The van der Waals surface area contributed by atoms with Gasteiger partial charge in [0.15, 0.2) is 0 Å². The molecule has 0 aliphatic heterocycles. The summed E-state index contributed by atoms with van der Waals surface area (Å²) >= 11 is 0. The van der Waals surface area contributed by atoms with Crippen LogP contribution in [0.2, 0.25) is 0 Å². The summed E-state index contributed by atoms with van der Waals surface area (Å²) in [5.74, 6) is 0.912. The minimum Gasteiger partial charge on any atom is -0.380 e. The fourth-order valence-corrected chi connectivity index (χ4v) is 3.04. The fourth-order valence-electron chi connectivity index (χ4n) is 3.04. The van der Waals surface area contributed by atoms with Crippen molar-refractivity contribution in [1.82, 2.24) is 5.32 Å². The Morgan fingerprint density at radius 1 is 1.00 bits per heavy atom. The van der Waals surface area contributed by atoms with Crippen molar-refractivity contribution in [1.29, 1.82) is 0 Å². The van der Waals surface area contributed by atoms with Crippen LogP contribution in [-0.2, 0) is 4.74 Å². The van der Waals surface area contributed by atoms with Crippen LogP contribution >= 0.6 is 0 Å². The van der Waals surface area contributed by atoms with E-state index in [9.17, 15) is 0 Å². The molecule has 1 saturated carbocycles. The van der Waals surface area contributed by atoms with Gasteiger partial charge in [-0.3, -0.25) is 0 Å². The Morgan fingerprint density at radius 3 is 2.58 bits per heavy atom. The molecule has 0 bridgehead atoms. The molecule has 1 rings (SSSR count). The van der Waals surface area contributed by atoms with Crippen LogP contribution in [0, 0.1) is 5.92 Å². The first-order valence-electron chi connectivity index (χ1n) is 8.64. The van der Waals surface area contributed by atoms with E-state index in [0.717, 1.165) is 31.7 Å². The van der Waals surface area contributed by atoms with E-state index in [0.29, 0.717) is 0 Å². The highest BCUT2D eigenvalue weighted by molar-refractivity contribution is 4.75. The van der Waals surface area contributed by atoms with E-state index in [1.54, 1.807) is 0 Å². The van der Waals surface area contributed by atoms with E-state index in [4.69, 9.17) is 4.74 Å². The van der Waals surface area contributed by atoms with Crippen molar-refractivity contribution >= 4 is 0 Å². The molecule has 1 N–H and O–H groups in total. The number of unbranched alkanes of at least 4 members (excludes halogenated alkanes) is 5. The molecule has 1 aliphatic rings. The summed E-state index contributed by atoms with van der Waals surface area (Å²) in [7, 11) is 0. The highest BCUT2D eigenvalue weighted by atomic mass is 16.5. The molecule has 2 unspecified atom stereocenters. The normalized spacial score (nSPS) is 23.7. The second kappa shape index (κ2) is 11.7. The Balaban J connectivity index is 1.78. The molecule has 0 aromatic carbocycles. The van der Waals surface area contributed by atoms with Crippen molar-refractivity contribution in [3.63, 3.8) is 0 Å². The maximum Gasteiger partial charge on any atom is 0.0590 e. The van der Waals surface area contributed by atoms with Gasteiger partial charge >= 0.3 is 0 Å². The predicted molar refractivity (Wildman–Crippen MR) is 83.6 cm³/mol. The largest absolute Gasteiger partial charge is 0.380 e. The Morgan fingerprint density at radius 2 is 1.79 bits per heavy atom. The molecular weight excluding hydrogens is 234 g/mol. The summed E-state index contributed by atoms with van der Waals surface area (Å²) in [6.45, 7) is 7.52. The lowest BCUT2D eigenvalue weighted by Crippen LogP contribution is -2.35. The Bertz CT molecular complexity index is 196. The number of hydrogen-bond donors (Lipinski definition) is 1. The average molecular weight is 269 g/mol. The second-order valence-electron chi connectivity index (χ2n) is 6.30. The van der Waals surface area contributed by atoms with Crippen LogP contribution in [0.25, 0.3) is 0 Å². The van der Waals surface area contributed by atoms with Crippen molar-refractivity contribution in [2.24, 2.45) is 5.92 Å². The van der Waals surface area contributed by atoms with Crippen LogP contribution in [0.3, 0.4) is 0 Å². The molecule has 1 aliphatic carbocycles. The number of hydrogen-bond acceptors (Lipinski definition) is 2. The fraction of sp³-hybridized carbons (Fsp3) is 1.00. The summed E-state index contributed by atoms with van der Waals surface area (Å²) < 4.78 is 5.70. The van der Waals surface area contributed by atoms with Crippen molar-refractivity contribution in [3.8, 4) is 0 Å². The Hall–Kier alpha value is -0.0800.